The Labute approximate surface area is 230 Å². The predicted molar refractivity (Wildman–Crippen MR) is 151 cm³/mol. The van der Waals surface area contributed by atoms with E-state index in [0.717, 1.165) is 17.7 Å². The summed E-state index contributed by atoms with van der Waals surface area (Å²) >= 11 is 12.6. The highest BCUT2D eigenvalue weighted by Gasteiger charge is 2.42. The third kappa shape index (κ3) is 5.64. The minimum atomic E-state index is -0.689. The van der Waals surface area contributed by atoms with Crippen molar-refractivity contribution in [3.63, 3.8) is 0 Å². The van der Waals surface area contributed by atoms with E-state index in [1.807, 2.05) is 18.2 Å². The smallest absolute Gasteiger partial charge is 0.273 e. The molecule has 2 atom stereocenters. The molecule has 1 saturated carbocycles. The van der Waals surface area contributed by atoms with E-state index in [4.69, 9.17) is 23.2 Å². The maximum Gasteiger partial charge on any atom is 0.273 e. The molecular weight excluding hydrogens is 526 g/mol. The zero-order chi connectivity index (χ0) is 27.6. The van der Waals surface area contributed by atoms with Crippen LogP contribution in [-0.4, -0.2) is 40.2 Å². The van der Waals surface area contributed by atoms with Crippen LogP contribution in [0.1, 0.15) is 58.1 Å². The Kier molecular flexibility index (Phi) is 8.29. The Hall–Kier alpha value is -3.55. The van der Waals surface area contributed by atoms with Gasteiger partial charge >= 0.3 is 0 Å². The molecule has 0 spiro atoms. The number of aryl methyl sites for hydroxylation is 1. The number of rotatable bonds is 7. The number of benzene rings is 1. The number of amides is 1. The molecule has 1 aromatic carbocycles. The first-order chi connectivity index (χ1) is 18.1. The van der Waals surface area contributed by atoms with E-state index in [2.05, 4.69) is 9.98 Å². The number of allylic oxidation sites excluding steroid dienone is 2. The summed E-state index contributed by atoms with van der Waals surface area (Å²) < 4.78 is 16.8. The Morgan fingerprint density at radius 2 is 1.87 bits per heavy atom. The lowest BCUT2D eigenvalue weighted by atomic mass is 10.0. The standard InChI is InChI=1S/C29H27Cl2FN4O2/c1-5-13-33-23(18-8-6-9-19(27(18)32)28(37)35(3)4)12-14-36-17(2)15-22(26(31)29(36)38)20-16-21(20)24-10-7-11-25(30)34-24/h5-15,20-21H,16H2,1-4H3/b13-5+,14-12+,33-23-. The van der Waals surface area contributed by atoms with Gasteiger partial charge in [0.05, 0.1) is 11.3 Å². The second kappa shape index (κ2) is 11.5. The SMILES string of the molecule is C/C=C/N=C(/C=C/n1c(C)cc(C2CC2c2cccc(Cl)n2)c(Cl)c1=O)c1cccc(C(=O)N(C)C)c1F. The summed E-state index contributed by atoms with van der Waals surface area (Å²) in [6.07, 6.45) is 7.08. The number of halogens is 3. The van der Waals surface area contributed by atoms with Crippen LogP contribution in [0.4, 0.5) is 4.39 Å². The van der Waals surface area contributed by atoms with Gasteiger partial charge in [0.15, 0.2) is 0 Å². The van der Waals surface area contributed by atoms with Crippen molar-refractivity contribution in [3.05, 3.63) is 115 Å². The average molecular weight is 553 g/mol. The lowest BCUT2D eigenvalue weighted by Gasteiger charge is -2.13. The summed E-state index contributed by atoms with van der Waals surface area (Å²) in [5.41, 5.74) is 2.24. The first-order valence-electron chi connectivity index (χ1n) is 12.1. The maximum atomic E-state index is 15.4. The number of hydrogen-bond acceptors (Lipinski definition) is 4. The average Bonchev–Trinajstić information content (AvgIpc) is 3.68. The first kappa shape index (κ1) is 27.5. The van der Waals surface area contributed by atoms with Crippen molar-refractivity contribution >= 4 is 41.0 Å². The van der Waals surface area contributed by atoms with Crippen LogP contribution in [0.2, 0.25) is 10.2 Å². The quantitative estimate of drug-likeness (QED) is 0.249. The molecule has 0 saturated heterocycles. The van der Waals surface area contributed by atoms with Crippen molar-refractivity contribution in [1.29, 1.82) is 0 Å². The van der Waals surface area contributed by atoms with Gasteiger partial charge in [0.2, 0.25) is 0 Å². The van der Waals surface area contributed by atoms with E-state index in [9.17, 15) is 9.59 Å². The number of pyridine rings is 2. The minimum Gasteiger partial charge on any atom is -0.345 e. The Morgan fingerprint density at radius 1 is 1.16 bits per heavy atom. The zero-order valence-corrected chi connectivity index (χ0v) is 23.0. The molecule has 2 heterocycles. The van der Waals surface area contributed by atoms with Crippen molar-refractivity contribution in [1.82, 2.24) is 14.5 Å². The summed E-state index contributed by atoms with van der Waals surface area (Å²) in [4.78, 5) is 35.7. The number of aliphatic imine (C=N–C) groups is 1. The van der Waals surface area contributed by atoms with Crippen LogP contribution < -0.4 is 5.56 Å². The van der Waals surface area contributed by atoms with Gasteiger partial charge in [-0.15, -0.1) is 0 Å². The second-order valence-electron chi connectivity index (χ2n) is 9.24. The van der Waals surface area contributed by atoms with Crippen LogP contribution in [0.3, 0.4) is 0 Å². The van der Waals surface area contributed by atoms with Gasteiger partial charge in [0.1, 0.15) is 16.0 Å². The molecule has 38 heavy (non-hydrogen) atoms. The van der Waals surface area contributed by atoms with Gasteiger partial charge in [-0.2, -0.15) is 0 Å². The number of carbonyl (C=O) groups excluding carboxylic acids is 1. The van der Waals surface area contributed by atoms with E-state index in [0.29, 0.717) is 10.8 Å². The van der Waals surface area contributed by atoms with Gasteiger partial charge < -0.3 is 4.90 Å². The third-order valence-electron chi connectivity index (χ3n) is 6.37. The highest BCUT2D eigenvalue weighted by molar-refractivity contribution is 6.31. The van der Waals surface area contributed by atoms with Crippen molar-refractivity contribution in [2.24, 2.45) is 4.99 Å². The molecule has 9 heteroatoms. The van der Waals surface area contributed by atoms with E-state index in [-0.39, 0.29) is 39.3 Å². The molecule has 0 radical (unpaired) electrons. The maximum absolute atomic E-state index is 15.4. The number of carbonyl (C=O) groups is 1. The van der Waals surface area contributed by atoms with Gasteiger partial charge in [-0.3, -0.25) is 19.1 Å². The molecule has 2 unspecified atom stereocenters. The van der Waals surface area contributed by atoms with Crippen molar-refractivity contribution in [2.75, 3.05) is 14.1 Å². The van der Waals surface area contributed by atoms with E-state index >= 15 is 4.39 Å². The number of nitrogens with zero attached hydrogens (tertiary/aromatic N) is 4. The molecule has 6 nitrogen and oxygen atoms in total. The fraction of sp³-hybridized carbons (Fsp3) is 0.241. The summed E-state index contributed by atoms with van der Waals surface area (Å²) in [5.74, 6) is -0.919. The molecular formula is C29H27Cl2FN4O2. The summed E-state index contributed by atoms with van der Waals surface area (Å²) in [5, 5.41) is 0.561. The van der Waals surface area contributed by atoms with Crippen molar-refractivity contribution < 1.29 is 9.18 Å². The molecule has 1 aliphatic carbocycles. The fourth-order valence-corrected chi connectivity index (χ4v) is 4.79. The van der Waals surface area contributed by atoms with Gasteiger partial charge in [-0.25, -0.2) is 9.37 Å². The van der Waals surface area contributed by atoms with Crippen molar-refractivity contribution in [2.45, 2.75) is 32.1 Å². The molecule has 1 fully saturated rings. The summed E-state index contributed by atoms with van der Waals surface area (Å²) in [6, 6.07) is 12.0. The van der Waals surface area contributed by atoms with Crippen LogP contribution in [-0.2, 0) is 0 Å². The first-order valence-corrected chi connectivity index (χ1v) is 12.8. The van der Waals surface area contributed by atoms with Crippen molar-refractivity contribution in [3.8, 4) is 0 Å². The largest absolute Gasteiger partial charge is 0.345 e. The molecule has 0 N–H and O–H groups in total. The number of aromatic nitrogens is 2. The molecule has 0 aliphatic heterocycles. The number of hydrogen-bond donors (Lipinski definition) is 0. The molecule has 196 valence electrons. The molecule has 1 amide bonds. The third-order valence-corrected chi connectivity index (χ3v) is 6.96. The normalized spacial score (nSPS) is 17.4. The van der Waals surface area contributed by atoms with Gasteiger partial charge in [0, 0.05) is 49.4 Å². The lowest BCUT2D eigenvalue weighted by Crippen LogP contribution is -2.23. The molecule has 4 rings (SSSR count). The minimum absolute atomic E-state index is 0.0667. The predicted octanol–water partition coefficient (Wildman–Crippen LogP) is 6.46. The Morgan fingerprint density at radius 3 is 2.55 bits per heavy atom. The van der Waals surface area contributed by atoms with E-state index in [1.165, 1.54) is 40.1 Å². The van der Waals surface area contributed by atoms with Crippen LogP contribution in [0.25, 0.3) is 6.20 Å². The molecule has 2 aromatic heterocycles. The second-order valence-corrected chi connectivity index (χ2v) is 10.0. The Balaban J connectivity index is 1.68. The van der Waals surface area contributed by atoms with Gasteiger partial charge in [-0.05, 0) is 68.2 Å². The van der Waals surface area contributed by atoms with Crippen LogP contribution in [0.15, 0.2) is 70.6 Å². The lowest BCUT2D eigenvalue weighted by molar-refractivity contribution is 0.0823. The van der Waals surface area contributed by atoms with E-state index < -0.39 is 11.7 Å². The highest BCUT2D eigenvalue weighted by atomic mass is 35.5. The van der Waals surface area contributed by atoms with Crippen LogP contribution >= 0.6 is 23.2 Å². The highest BCUT2D eigenvalue weighted by Crippen LogP contribution is 2.55. The molecule has 3 aromatic rings. The van der Waals surface area contributed by atoms with E-state index in [1.54, 1.807) is 46.2 Å². The topological polar surface area (TPSA) is 67.6 Å². The Bertz CT molecular complexity index is 1540. The monoisotopic (exact) mass is 552 g/mol. The molecule has 0 bridgehead atoms. The van der Waals surface area contributed by atoms with Gasteiger partial charge in [0.25, 0.3) is 11.5 Å². The van der Waals surface area contributed by atoms with Crippen LogP contribution in [0.5, 0.6) is 0 Å². The summed E-state index contributed by atoms with van der Waals surface area (Å²) in [6.45, 7) is 3.59. The molecule has 1 aliphatic rings. The van der Waals surface area contributed by atoms with Gasteiger partial charge in [-0.1, -0.05) is 41.4 Å². The summed E-state index contributed by atoms with van der Waals surface area (Å²) in [7, 11) is 3.11. The zero-order valence-electron chi connectivity index (χ0n) is 21.5. The van der Waals surface area contributed by atoms with Crippen LogP contribution in [0, 0.1) is 12.7 Å². The fourth-order valence-electron chi connectivity index (χ4n) is 4.34.